The normalized spacial score (nSPS) is 10.7. The van der Waals surface area contributed by atoms with Crippen LogP contribution in [0.1, 0.15) is 0 Å². The van der Waals surface area contributed by atoms with Gasteiger partial charge in [-0.2, -0.15) is 0 Å². The number of hydrogen-bond acceptors (Lipinski definition) is 3. The standard InChI is InChI=1S/C13H9N3O2/c17-16(18)11-6-7-13-14-12(9-15(13)8-11)10-4-2-1-3-5-10/h1-9H. The summed E-state index contributed by atoms with van der Waals surface area (Å²) in [6.07, 6.45) is 3.26. The molecule has 2 aromatic heterocycles. The van der Waals surface area contributed by atoms with Gasteiger partial charge in [0.25, 0.3) is 5.69 Å². The van der Waals surface area contributed by atoms with Crippen molar-refractivity contribution in [3.63, 3.8) is 0 Å². The van der Waals surface area contributed by atoms with Crippen molar-refractivity contribution in [1.82, 2.24) is 9.38 Å². The highest BCUT2D eigenvalue weighted by molar-refractivity contribution is 5.62. The van der Waals surface area contributed by atoms with Crippen LogP contribution in [0.15, 0.2) is 54.9 Å². The number of rotatable bonds is 2. The van der Waals surface area contributed by atoms with E-state index >= 15 is 0 Å². The molecule has 0 aliphatic heterocycles. The predicted octanol–water partition coefficient (Wildman–Crippen LogP) is 2.91. The highest BCUT2D eigenvalue weighted by Gasteiger charge is 2.09. The molecule has 18 heavy (non-hydrogen) atoms. The van der Waals surface area contributed by atoms with Crippen molar-refractivity contribution in [2.45, 2.75) is 0 Å². The molecule has 5 heteroatoms. The minimum Gasteiger partial charge on any atom is -0.300 e. The summed E-state index contributed by atoms with van der Waals surface area (Å²) in [6, 6.07) is 12.8. The summed E-state index contributed by atoms with van der Waals surface area (Å²) < 4.78 is 1.67. The van der Waals surface area contributed by atoms with Crippen molar-refractivity contribution in [1.29, 1.82) is 0 Å². The molecule has 88 valence electrons. The largest absolute Gasteiger partial charge is 0.300 e. The van der Waals surface area contributed by atoms with Crippen LogP contribution < -0.4 is 0 Å². The Balaban J connectivity index is 2.14. The Labute approximate surface area is 102 Å². The summed E-state index contributed by atoms with van der Waals surface area (Å²) in [6.45, 7) is 0. The first-order valence-corrected chi connectivity index (χ1v) is 5.42. The molecule has 5 nitrogen and oxygen atoms in total. The third kappa shape index (κ3) is 1.71. The summed E-state index contributed by atoms with van der Waals surface area (Å²) in [5, 5.41) is 10.7. The lowest BCUT2D eigenvalue weighted by molar-refractivity contribution is -0.385. The van der Waals surface area contributed by atoms with Gasteiger partial charge < -0.3 is 0 Å². The van der Waals surface area contributed by atoms with Crippen LogP contribution in [0.2, 0.25) is 0 Å². The summed E-state index contributed by atoms with van der Waals surface area (Å²) in [4.78, 5) is 14.7. The van der Waals surface area contributed by atoms with Crippen molar-refractivity contribution in [2.75, 3.05) is 0 Å². The molecule has 1 aromatic carbocycles. The van der Waals surface area contributed by atoms with Crippen molar-refractivity contribution in [2.24, 2.45) is 0 Å². The molecule has 0 saturated heterocycles. The molecule has 0 spiro atoms. The monoisotopic (exact) mass is 239 g/mol. The Morgan fingerprint density at radius 2 is 1.83 bits per heavy atom. The minimum atomic E-state index is -0.415. The van der Waals surface area contributed by atoms with E-state index in [9.17, 15) is 10.1 Å². The van der Waals surface area contributed by atoms with E-state index < -0.39 is 4.92 Å². The van der Waals surface area contributed by atoms with E-state index in [0.717, 1.165) is 11.3 Å². The Bertz CT molecular complexity index is 719. The van der Waals surface area contributed by atoms with Crippen LogP contribution in [0.4, 0.5) is 5.69 Å². The van der Waals surface area contributed by atoms with E-state index in [1.807, 2.05) is 30.3 Å². The maximum absolute atomic E-state index is 10.7. The summed E-state index contributed by atoms with van der Waals surface area (Å²) in [7, 11) is 0. The van der Waals surface area contributed by atoms with Crippen LogP contribution in [0.5, 0.6) is 0 Å². The molecule has 0 fully saturated rings. The van der Waals surface area contributed by atoms with E-state index in [1.165, 1.54) is 12.3 Å². The quantitative estimate of drug-likeness (QED) is 0.510. The maximum atomic E-state index is 10.7. The average molecular weight is 239 g/mol. The molecule has 2 heterocycles. The smallest absolute Gasteiger partial charge is 0.286 e. The van der Waals surface area contributed by atoms with Gasteiger partial charge in [-0.25, -0.2) is 4.98 Å². The lowest BCUT2D eigenvalue weighted by atomic mass is 10.2. The SMILES string of the molecule is O=[N+]([O-])c1ccc2nc(-c3ccccc3)cn2c1. The van der Waals surface area contributed by atoms with Crippen molar-refractivity contribution in [3.8, 4) is 11.3 Å². The van der Waals surface area contributed by atoms with E-state index in [-0.39, 0.29) is 5.69 Å². The number of pyridine rings is 1. The fourth-order valence-corrected chi connectivity index (χ4v) is 1.84. The van der Waals surface area contributed by atoms with Crippen LogP contribution >= 0.6 is 0 Å². The minimum absolute atomic E-state index is 0.0551. The maximum Gasteiger partial charge on any atom is 0.286 e. The number of hydrogen-bond donors (Lipinski definition) is 0. The molecule has 0 N–H and O–H groups in total. The van der Waals surface area contributed by atoms with Crippen LogP contribution in [-0.2, 0) is 0 Å². The van der Waals surface area contributed by atoms with Gasteiger partial charge in [-0.05, 0) is 6.07 Å². The number of nitrogens with zero attached hydrogens (tertiary/aromatic N) is 3. The number of nitro groups is 1. The Morgan fingerprint density at radius 1 is 1.06 bits per heavy atom. The summed E-state index contributed by atoms with van der Waals surface area (Å²) >= 11 is 0. The lowest BCUT2D eigenvalue weighted by Crippen LogP contribution is -1.90. The van der Waals surface area contributed by atoms with Gasteiger partial charge in [0.05, 0.1) is 16.8 Å². The zero-order valence-electron chi connectivity index (χ0n) is 9.35. The third-order valence-electron chi connectivity index (χ3n) is 2.72. The molecule has 0 atom stereocenters. The average Bonchev–Trinajstić information content (AvgIpc) is 2.82. The van der Waals surface area contributed by atoms with Gasteiger partial charge in [0.15, 0.2) is 0 Å². The van der Waals surface area contributed by atoms with Gasteiger partial charge in [0.1, 0.15) is 5.65 Å². The zero-order valence-corrected chi connectivity index (χ0v) is 9.35. The fraction of sp³-hybridized carbons (Fsp3) is 0. The molecule has 0 radical (unpaired) electrons. The molecule has 3 aromatic rings. The second kappa shape index (κ2) is 3.96. The van der Waals surface area contributed by atoms with Gasteiger partial charge >= 0.3 is 0 Å². The van der Waals surface area contributed by atoms with Crippen LogP contribution in [0.25, 0.3) is 16.9 Å². The van der Waals surface area contributed by atoms with E-state index in [2.05, 4.69) is 4.98 Å². The molecule has 0 amide bonds. The Morgan fingerprint density at radius 3 is 2.56 bits per heavy atom. The van der Waals surface area contributed by atoms with E-state index in [1.54, 1.807) is 16.7 Å². The molecule has 0 bridgehead atoms. The second-order valence-electron chi connectivity index (χ2n) is 3.90. The van der Waals surface area contributed by atoms with Gasteiger partial charge in [0.2, 0.25) is 0 Å². The zero-order chi connectivity index (χ0) is 12.5. The molecular weight excluding hydrogens is 230 g/mol. The lowest BCUT2D eigenvalue weighted by Gasteiger charge is -1.92. The summed E-state index contributed by atoms with van der Waals surface area (Å²) in [5.74, 6) is 0. The van der Waals surface area contributed by atoms with Crippen molar-refractivity contribution in [3.05, 3.63) is 65.0 Å². The molecule has 0 unspecified atom stereocenters. The van der Waals surface area contributed by atoms with Gasteiger partial charge in [-0.1, -0.05) is 30.3 Å². The number of imidazole rings is 1. The molecular formula is C13H9N3O2. The number of fused-ring (bicyclic) bond motifs is 1. The highest BCUT2D eigenvalue weighted by Crippen LogP contribution is 2.20. The first-order valence-electron chi connectivity index (χ1n) is 5.42. The first-order chi connectivity index (χ1) is 8.74. The van der Waals surface area contributed by atoms with Gasteiger partial charge in [-0.15, -0.1) is 0 Å². The third-order valence-corrected chi connectivity index (χ3v) is 2.72. The number of aromatic nitrogens is 2. The Kier molecular flexibility index (Phi) is 2.30. The van der Waals surface area contributed by atoms with Gasteiger partial charge in [0, 0.05) is 17.8 Å². The topological polar surface area (TPSA) is 60.4 Å². The van der Waals surface area contributed by atoms with E-state index in [0.29, 0.717) is 5.65 Å². The number of benzene rings is 1. The predicted molar refractivity (Wildman–Crippen MR) is 67.3 cm³/mol. The van der Waals surface area contributed by atoms with Gasteiger partial charge in [-0.3, -0.25) is 14.5 Å². The summed E-state index contributed by atoms with van der Waals surface area (Å²) in [5.41, 5.74) is 2.54. The molecule has 0 aliphatic carbocycles. The second-order valence-corrected chi connectivity index (χ2v) is 3.90. The molecule has 3 rings (SSSR count). The van der Waals surface area contributed by atoms with Crippen LogP contribution in [-0.4, -0.2) is 14.3 Å². The van der Waals surface area contributed by atoms with Crippen molar-refractivity contribution >= 4 is 11.3 Å². The molecule has 0 saturated carbocycles. The first kappa shape index (κ1) is 10.5. The molecule has 0 aliphatic rings. The van der Waals surface area contributed by atoms with Crippen LogP contribution in [0, 0.1) is 10.1 Å². The highest BCUT2D eigenvalue weighted by atomic mass is 16.6. The van der Waals surface area contributed by atoms with Crippen LogP contribution in [0.3, 0.4) is 0 Å². The van der Waals surface area contributed by atoms with E-state index in [4.69, 9.17) is 0 Å². The Hall–Kier alpha value is -2.69. The fourth-order valence-electron chi connectivity index (χ4n) is 1.84. The van der Waals surface area contributed by atoms with Crippen molar-refractivity contribution < 1.29 is 4.92 Å².